The van der Waals surface area contributed by atoms with Gasteiger partial charge in [-0.15, -0.1) is 11.8 Å². The van der Waals surface area contributed by atoms with Crippen molar-refractivity contribution in [2.75, 3.05) is 6.26 Å². The van der Waals surface area contributed by atoms with E-state index in [0.717, 1.165) is 46.4 Å². The van der Waals surface area contributed by atoms with Crippen molar-refractivity contribution >= 4 is 22.7 Å². The van der Waals surface area contributed by atoms with Gasteiger partial charge in [0.05, 0.1) is 10.9 Å². The number of nitrogens with zero attached hydrogens (tertiary/aromatic N) is 1. The summed E-state index contributed by atoms with van der Waals surface area (Å²) in [5.74, 6) is 0.544. The number of hydrogen-bond donors (Lipinski definition) is 1. The van der Waals surface area contributed by atoms with Crippen molar-refractivity contribution in [2.24, 2.45) is 5.73 Å². The Labute approximate surface area is 214 Å². The summed E-state index contributed by atoms with van der Waals surface area (Å²) >= 11 is 1.64. The fourth-order valence-electron chi connectivity index (χ4n) is 5.02. The van der Waals surface area contributed by atoms with E-state index >= 15 is 0 Å². The molecule has 1 saturated carbocycles. The lowest BCUT2D eigenvalue weighted by atomic mass is 9.72. The second kappa shape index (κ2) is 9.08. The van der Waals surface area contributed by atoms with Crippen LogP contribution in [0.3, 0.4) is 0 Å². The van der Waals surface area contributed by atoms with Crippen LogP contribution < -0.4 is 11.2 Å². The van der Waals surface area contributed by atoms with Crippen molar-refractivity contribution in [1.29, 1.82) is 0 Å². The van der Waals surface area contributed by atoms with Crippen LogP contribution in [0.1, 0.15) is 24.8 Å². The second-order valence-electron chi connectivity index (χ2n) is 9.32. The summed E-state index contributed by atoms with van der Waals surface area (Å²) in [5, 5.41) is 0.518. The molecule has 2 N–H and O–H groups in total. The Morgan fingerprint density at radius 2 is 1.61 bits per heavy atom. The Hall–Kier alpha value is -3.67. The van der Waals surface area contributed by atoms with E-state index in [1.54, 1.807) is 24.0 Å². The third kappa shape index (κ3) is 3.76. The van der Waals surface area contributed by atoms with Crippen molar-refractivity contribution in [2.45, 2.75) is 29.7 Å². The van der Waals surface area contributed by atoms with Crippen molar-refractivity contribution in [3.05, 3.63) is 107 Å². The average Bonchev–Trinajstić information content (AvgIpc) is 2.92. The van der Waals surface area contributed by atoms with E-state index in [-0.39, 0.29) is 11.0 Å². The number of hydrogen-bond acceptors (Lipinski definition) is 5. The SMILES string of the molecule is CSc1ccccc1-c1nccc2c(=O)c(-c3ccc(C4(N)CCC4)cc3)c(-c3ccccc3)oc12. The zero-order chi connectivity index (χ0) is 24.7. The predicted octanol–water partition coefficient (Wildman–Crippen LogP) is 7.25. The van der Waals surface area contributed by atoms with Gasteiger partial charge >= 0.3 is 0 Å². The van der Waals surface area contributed by atoms with E-state index in [9.17, 15) is 4.79 Å². The minimum absolute atomic E-state index is 0.0701. The molecule has 2 aromatic heterocycles. The molecule has 1 aliphatic carbocycles. The quantitative estimate of drug-likeness (QED) is 0.263. The predicted molar refractivity (Wildman–Crippen MR) is 148 cm³/mol. The largest absolute Gasteiger partial charge is 0.453 e. The first-order valence-electron chi connectivity index (χ1n) is 12.1. The molecular formula is C31H26N2O2S. The third-order valence-corrected chi connectivity index (χ3v) is 8.00. The monoisotopic (exact) mass is 490 g/mol. The summed E-state index contributed by atoms with van der Waals surface area (Å²) in [6, 6.07) is 27.7. The number of benzene rings is 3. The normalized spacial score (nSPS) is 14.5. The molecule has 0 radical (unpaired) electrons. The minimum Gasteiger partial charge on any atom is -0.453 e. The molecule has 36 heavy (non-hydrogen) atoms. The van der Waals surface area contributed by atoms with Gasteiger partial charge in [-0.3, -0.25) is 9.78 Å². The molecule has 5 aromatic rings. The first-order valence-corrected chi connectivity index (χ1v) is 13.4. The summed E-state index contributed by atoms with van der Waals surface area (Å²) in [5.41, 5.74) is 11.7. The van der Waals surface area contributed by atoms with Crippen LogP contribution in [0.4, 0.5) is 0 Å². The highest BCUT2D eigenvalue weighted by Gasteiger charge is 2.34. The standard InChI is InChI=1S/C31H26N2O2S/c1-36-25-11-6-5-10-23(25)27-30-24(16-19-33-27)28(34)26(29(35-30)21-8-3-2-4-9-21)20-12-14-22(15-13-20)31(32)17-7-18-31/h2-6,8-16,19H,7,17-18,32H2,1H3. The van der Waals surface area contributed by atoms with E-state index in [1.807, 2.05) is 66.9 Å². The Morgan fingerprint density at radius 3 is 2.31 bits per heavy atom. The Balaban J connectivity index is 1.62. The van der Waals surface area contributed by atoms with Gasteiger partial charge in [0.1, 0.15) is 11.5 Å². The number of pyridine rings is 1. The molecule has 4 nitrogen and oxygen atoms in total. The van der Waals surface area contributed by atoms with E-state index in [0.29, 0.717) is 28.0 Å². The first kappa shape index (κ1) is 22.8. The number of rotatable bonds is 5. The summed E-state index contributed by atoms with van der Waals surface area (Å²) in [4.78, 5) is 19.8. The molecule has 0 unspecified atom stereocenters. The molecule has 1 fully saturated rings. The van der Waals surface area contributed by atoms with Crippen LogP contribution >= 0.6 is 11.8 Å². The summed E-state index contributed by atoms with van der Waals surface area (Å²) in [7, 11) is 0. The van der Waals surface area contributed by atoms with Gasteiger partial charge in [-0.2, -0.15) is 0 Å². The molecule has 0 bridgehead atoms. The van der Waals surface area contributed by atoms with Gasteiger partial charge in [0.2, 0.25) is 5.43 Å². The second-order valence-corrected chi connectivity index (χ2v) is 10.2. The highest BCUT2D eigenvalue weighted by molar-refractivity contribution is 7.98. The Bertz CT molecular complexity index is 1620. The van der Waals surface area contributed by atoms with Gasteiger partial charge < -0.3 is 10.2 Å². The number of thioether (sulfide) groups is 1. The van der Waals surface area contributed by atoms with Crippen molar-refractivity contribution < 1.29 is 4.42 Å². The molecule has 0 saturated heterocycles. The summed E-state index contributed by atoms with van der Waals surface area (Å²) < 4.78 is 6.63. The maximum Gasteiger partial charge on any atom is 0.201 e. The Morgan fingerprint density at radius 1 is 0.889 bits per heavy atom. The van der Waals surface area contributed by atoms with Crippen LogP contribution in [-0.4, -0.2) is 11.2 Å². The molecule has 0 atom stereocenters. The Kier molecular flexibility index (Phi) is 5.75. The van der Waals surface area contributed by atoms with Crippen LogP contribution in [-0.2, 0) is 5.54 Å². The molecule has 3 aromatic carbocycles. The van der Waals surface area contributed by atoms with Crippen molar-refractivity contribution in [1.82, 2.24) is 4.98 Å². The highest BCUT2D eigenvalue weighted by Crippen LogP contribution is 2.41. The maximum atomic E-state index is 14.1. The van der Waals surface area contributed by atoms with Gasteiger partial charge in [-0.1, -0.05) is 72.8 Å². The van der Waals surface area contributed by atoms with E-state index in [1.165, 1.54) is 0 Å². The zero-order valence-electron chi connectivity index (χ0n) is 20.0. The molecule has 0 amide bonds. The van der Waals surface area contributed by atoms with Crippen LogP contribution in [0.25, 0.3) is 44.7 Å². The van der Waals surface area contributed by atoms with Crippen LogP contribution in [0.15, 0.2) is 105 Å². The smallest absolute Gasteiger partial charge is 0.201 e. The van der Waals surface area contributed by atoms with Gasteiger partial charge in [0.15, 0.2) is 5.58 Å². The van der Waals surface area contributed by atoms with Gasteiger partial charge in [0, 0.05) is 27.8 Å². The average molecular weight is 491 g/mol. The molecule has 2 heterocycles. The highest BCUT2D eigenvalue weighted by atomic mass is 32.2. The van der Waals surface area contributed by atoms with Gasteiger partial charge in [-0.25, -0.2) is 0 Å². The minimum atomic E-state index is -0.250. The number of nitrogens with two attached hydrogens (primary N) is 1. The topological polar surface area (TPSA) is 69.1 Å². The number of aromatic nitrogens is 1. The molecular weight excluding hydrogens is 464 g/mol. The fourth-order valence-corrected chi connectivity index (χ4v) is 5.62. The maximum absolute atomic E-state index is 14.1. The summed E-state index contributed by atoms with van der Waals surface area (Å²) in [6.07, 6.45) is 6.86. The van der Waals surface area contributed by atoms with E-state index in [2.05, 4.69) is 23.2 Å². The van der Waals surface area contributed by atoms with Gasteiger partial charge in [-0.05, 0) is 48.8 Å². The lowest BCUT2D eigenvalue weighted by Crippen LogP contribution is -2.43. The molecule has 5 heteroatoms. The van der Waals surface area contributed by atoms with Crippen LogP contribution in [0, 0.1) is 0 Å². The molecule has 6 rings (SSSR count). The molecule has 0 spiro atoms. The van der Waals surface area contributed by atoms with E-state index < -0.39 is 0 Å². The van der Waals surface area contributed by atoms with Crippen LogP contribution in [0.5, 0.6) is 0 Å². The zero-order valence-corrected chi connectivity index (χ0v) is 20.8. The number of fused-ring (bicyclic) bond motifs is 1. The lowest BCUT2D eigenvalue weighted by molar-refractivity contribution is 0.253. The van der Waals surface area contributed by atoms with Crippen LogP contribution in [0.2, 0.25) is 0 Å². The molecule has 1 aliphatic rings. The van der Waals surface area contributed by atoms with E-state index in [4.69, 9.17) is 10.2 Å². The first-order chi connectivity index (χ1) is 17.6. The molecule has 178 valence electrons. The van der Waals surface area contributed by atoms with Crippen molar-refractivity contribution in [3.8, 4) is 33.7 Å². The van der Waals surface area contributed by atoms with Gasteiger partial charge in [0.25, 0.3) is 0 Å². The fraction of sp³-hybridized carbons (Fsp3) is 0.161. The summed E-state index contributed by atoms with van der Waals surface area (Å²) in [6.45, 7) is 0. The van der Waals surface area contributed by atoms with Crippen molar-refractivity contribution in [3.63, 3.8) is 0 Å². The third-order valence-electron chi connectivity index (χ3n) is 7.20. The molecule has 0 aliphatic heterocycles. The lowest BCUT2D eigenvalue weighted by Gasteiger charge is -2.38.